The largest absolute Gasteiger partial charge is 0.469 e. The van der Waals surface area contributed by atoms with Gasteiger partial charge in [0.25, 0.3) is 0 Å². The summed E-state index contributed by atoms with van der Waals surface area (Å²) >= 11 is 3.37. The summed E-state index contributed by atoms with van der Waals surface area (Å²) in [6, 6.07) is 7.26. The molecule has 27 heavy (non-hydrogen) atoms. The van der Waals surface area contributed by atoms with E-state index in [9.17, 15) is 14.9 Å². The van der Waals surface area contributed by atoms with Gasteiger partial charge in [-0.25, -0.2) is 9.97 Å². The summed E-state index contributed by atoms with van der Waals surface area (Å²) in [6.07, 6.45) is 2.42. The summed E-state index contributed by atoms with van der Waals surface area (Å²) in [6.45, 7) is 0.960. The molecule has 1 aliphatic rings. The Morgan fingerprint density at radius 1 is 1.37 bits per heavy atom. The molecule has 2 heterocycles. The number of hydrogen-bond acceptors (Lipinski definition) is 8. The van der Waals surface area contributed by atoms with Gasteiger partial charge in [0.05, 0.1) is 18.0 Å². The van der Waals surface area contributed by atoms with Crippen LogP contribution in [0.15, 0.2) is 35.1 Å². The van der Waals surface area contributed by atoms with Crippen molar-refractivity contribution in [2.45, 2.75) is 12.8 Å². The molecule has 0 aliphatic carbocycles. The molecule has 9 nitrogen and oxygen atoms in total. The van der Waals surface area contributed by atoms with Crippen LogP contribution in [0.25, 0.3) is 0 Å². The van der Waals surface area contributed by atoms with Gasteiger partial charge in [-0.2, -0.15) is 0 Å². The highest BCUT2D eigenvalue weighted by Crippen LogP contribution is 2.35. The van der Waals surface area contributed by atoms with Crippen LogP contribution in [0.5, 0.6) is 0 Å². The van der Waals surface area contributed by atoms with Gasteiger partial charge in [0.1, 0.15) is 6.33 Å². The first-order valence-corrected chi connectivity index (χ1v) is 9.13. The van der Waals surface area contributed by atoms with Crippen molar-refractivity contribution in [3.8, 4) is 0 Å². The lowest BCUT2D eigenvalue weighted by molar-refractivity contribution is -0.383. The maximum Gasteiger partial charge on any atom is 0.353 e. The second-order valence-electron chi connectivity index (χ2n) is 6.07. The summed E-state index contributed by atoms with van der Waals surface area (Å²) in [5.74, 6) is -0.0655. The van der Waals surface area contributed by atoms with Crippen molar-refractivity contribution in [2.75, 3.05) is 30.4 Å². The van der Waals surface area contributed by atoms with Crippen molar-refractivity contribution < 1.29 is 14.5 Å². The van der Waals surface area contributed by atoms with E-state index in [-0.39, 0.29) is 29.2 Å². The van der Waals surface area contributed by atoms with E-state index in [1.54, 1.807) is 12.1 Å². The molecular weight excluding hydrogens is 418 g/mol. The zero-order chi connectivity index (χ0) is 19.4. The minimum atomic E-state index is -0.484. The predicted octanol–water partition coefficient (Wildman–Crippen LogP) is 3.28. The number of nitrogens with one attached hydrogen (secondary N) is 1. The molecule has 0 bridgehead atoms. The molecule has 142 valence electrons. The Morgan fingerprint density at radius 2 is 2.11 bits per heavy atom. The van der Waals surface area contributed by atoms with Gasteiger partial charge in [0.15, 0.2) is 0 Å². The van der Waals surface area contributed by atoms with Crippen molar-refractivity contribution in [3.05, 3.63) is 45.2 Å². The molecular formula is C17H18BrN5O4. The molecule has 1 aromatic heterocycles. The molecule has 1 N–H and O–H groups in total. The summed E-state index contributed by atoms with van der Waals surface area (Å²) in [7, 11) is 1.36. The number of halogens is 1. The van der Waals surface area contributed by atoms with Crippen LogP contribution >= 0.6 is 15.9 Å². The Morgan fingerprint density at radius 3 is 2.74 bits per heavy atom. The third-order valence-corrected chi connectivity index (χ3v) is 4.90. The third kappa shape index (κ3) is 4.33. The van der Waals surface area contributed by atoms with Crippen LogP contribution in [0.1, 0.15) is 12.8 Å². The number of carbonyl (C=O) groups is 1. The minimum Gasteiger partial charge on any atom is -0.469 e. The standard InChI is InChI=1S/C17H18BrN5O4/c1-27-17(24)11-5-7-22(8-6-11)16-14(23(25)26)15(19-10-20-16)21-13-4-2-3-12(18)9-13/h2-4,9-11H,5-8H2,1H3,(H,19,20,21). The number of carbonyl (C=O) groups excluding carboxylic acids is 1. The number of piperidine rings is 1. The Bertz CT molecular complexity index is 855. The molecule has 0 amide bonds. The fourth-order valence-corrected chi connectivity index (χ4v) is 3.46. The first-order chi connectivity index (χ1) is 13.0. The number of aromatic nitrogens is 2. The van der Waals surface area contributed by atoms with E-state index >= 15 is 0 Å². The molecule has 0 atom stereocenters. The number of hydrogen-bond donors (Lipinski definition) is 1. The highest BCUT2D eigenvalue weighted by Gasteiger charge is 2.32. The average molecular weight is 436 g/mol. The molecule has 1 aliphatic heterocycles. The van der Waals surface area contributed by atoms with Gasteiger partial charge in [-0.1, -0.05) is 22.0 Å². The van der Waals surface area contributed by atoms with E-state index in [2.05, 4.69) is 31.2 Å². The molecule has 1 fully saturated rings. The van der Waals surface area contributed by atoms with Gasteiger partial charge in [0, 0.05) is 23.2 Å². The van der Waals surface area contributed by atoms with Crippen molar-refractivity contribution in [3.63, 3.8) is 0 Å². The molecule has 0 radical (unpaired) electrons. The Balaban J connectivity index is 1.86. The maximum atomic E-state index is 11.7. The second kappa shape index (κ2) is 8.30. The number of esters is 1. The number of benzene rings is 1. The predicted molar refractivity (Wildman–Crippen MR) is 103 cm³/mol. The Hall–Kier alpha value is -2.75. The Kier molecular flexibility index (Phi) is 5.84. The third-order valence-electron chi connectivity index (χ3n) is 4.40. The van der Waals surface area contributed by atoms with Crippen molar-refractivity contribution in [1.29, 1.82) is 0 Å². The monoisotopic (exact) mass is 435 g/mol. The number of anilines is 3. The van der Waals surface area contributed by atoms with E-state index in [0.717, 1.165) is 4.47 Å². The number of rotatable bonds is 5. The minimum absolute atomic E-state index is 0.123. The van der Waals surface area contributed by atoms with Crippen molar-refractivity contribution >= 4 is 44.9 Å². The van der Waals surface area contributed by atoms with Gasteiger partial charge < -0.3 is 15.0 Å². The zero-order valence-corrected chi connectivity index (χ0v) is 16.2. The normalized spacial score (nSPS) is 14.7. The quantitative estimate of drug-likeness (QED) is 0.432. The van der Waals surface area contributed by atoms with Gasteiger partial charge >= 0.3 is 11.7 Å². The van der Waals surface area contributed by atoms with Crippen molar-refractivity contribution in [2.24, 2.45) is 5.92 Å². The van der Waals surface area contributed by atoms with E-state index in [1.807, 2.05) is 17.0 Å². The molecule has 0 spiro atoms. The zero-order valence-electron chi connectivity index (χ0n) is 14.6. The molecule has 2 aromatic rings. The van der Waals surface area contributed by atoms with Crippen LogP contribution in [0.2, 0.25) is 0 Å². The van der Waals surface area contributed by atoms with E-state index in [1.165, 1.54) is 13.4 Å². The lowest BCUT2D eigenvalue weighted by Gasteiger charge is -2.31. The van der Waals surface area contributed by atoms with Gasteiger partial charge in [-0.3, -0.25) is 14.9 Å². The van der Waals surface area contributed by atoms with Crippen LogP contribution < -0.4 is 10.2 Å². The summed E-state index contributed by atoms with van der Waals surface area (Å²) in [4.78, 5) is 32.9. The Labute approximate surface area is 164 Å². The topological polar surface area (TPSA) is 110 Å². The van der Waals surface area contributed by atoms with Crippen LogP contribution in [-0.2, 0) is 9.53 Å². The van der Waals surface area contributed by atoms with Gasteiger partial charge in [-0.05, 0) is 31.0 Å². The van der Waals surface area contributed by atoms with E-state index in [0.29, 0.717) is 31.6 Å². The first-order valence-electron chi connectivity index (χ1n) is 8.34. The fraction of sp³-hybridized carbons (Fsp3) is 0.353. The van der Waals surface area contributed by atoms with E-state index in [4.69, 9.17) is 4.74 Å². The summed E-state index contributed by atoms with van der Waals surface area (Å²) < 4.78 is 5.62. The molecule has 0 unspecified atom stereocenters. The summed E-state index contributed by atoms with van der Waals surface area (Å²) in [5, 5.41) is 14.7. The molecule has 1 saturated heterocycles. The molecule has 10 heteroatoms. The number of methoxy groups -OCH3 is 1. The molecule has 1 aromatic carbocycles. The smallest absolute Gasteiger partial charge is 0.353 e. The maximum absolute atomic E-state index is 11.7. The lowest BCUT2D eigenvalue weighted by Crippen LogP contribution is -2.37. The number of ether oxygens (including phenoxy) is 1. The second-order valence-corrected chi connectivity index (χ2v) is 6.99. The highest BCUT2D eigenvalue weighted by molar-refractivity contribution is 9.10. The molecule has 0 saturated carbocycles. The van der Waals surface area contributed by atoms with Crippen LogP contribution in [-0.4, -0.2) is 41.1 Å². The van der Waals surface area contributed by atoms with Crippen LogP contribution in [0, 0.1) is 16.0 Å². The lowest BCUT2D eigenvalue weighted by atomic mass is 9.97. The SMILES string of the molecule is COC(=O)C1CCN(c2ncnc(Nc3cccc(Br)c3)c2[N+](=O)[O-])CC1. The highest BCUT2D eigenvalue weighted by atomic mass is 79.9. The fourth-order valence-electron chi connectivity index (χ4n) is 3.06. The molecule has 3 rings (SSSR count). The number of nitro groups is 1. The first kappa shape index (κ1) is 19.0. The van der Waals surface area contributed by atoms with Gasteiger partial charge in [0.2, 0.25) is 11.6 Å². The van der Waals surface area contributed by atoms with E-state index < -0.39 is 4.92 Å². The number of nitrogens with zero attached hydrogens (tertiary/aromatic N) is 4. The van der Waals surface area contributed by atoms with Gasteiger partial charge in [-0.15, -0.1) is 0 Å². The van der Waals surface area contributed by atoms with Crippen LogP contribution in [0.3, 0.4) is 0 Å². The van der Waals surface area contributed by atoms with Crippen LogP contribution in [0.4, 0.5) is 23.0 Å². The average Bonchev–Trinajstić information content (AvgIpc) is 2.67. The van der Waals surface area contributed by atoms with Crippen molar-refractivity contribution in [1.82, 2.24) is 9.97 Å². The summed E-state index contributed by atoms with van der Waals surface area (Å²) in [5.41, 5.74) is 0.482.